The number of nitrogens with zero attached hydrogens (tertiary/aromatic N) is 1. The zero-order valence-electron chi connectivity index (χ0n) is 8.47. The zero-order valence-corrected chi connectivity index (χ0v) is 8.47. The summed E-state index contributed by atoms with van der Waals surface area (Å²) in [7, 11) is 46.1. The summed E-state index contributed by atoms with van der Waals surface area (Å²) in [5, 5.41) is -7.63. The molecular weight excluding hydrogens is 177 g/mol. The van der Waals surface area contributed by atoms with Crippen molar-refractivity contribution >= 4 is 62.8 Å². The van der Waals surface area contributed by atoms with Crippen LogP contribution in [-0.2, 0) is 4.74 Å². The normalized spacial score (nSPS) is 32.1. The molecule has 0 saturated carbocycles. The van der Waals surface area contributed by atoms with Gasteiger partial charge in [0.1, 0.15) is 0 Å². The highest BCUT2D eigenvalue weighted by Crippen LogP contribution is 2.38. The van der Waals surface area contributed by atoms with Crippen LogP contribution in [-0.4, -0.2) is 96.2 Å². The highest BCUT2D eigenvalue weighted by molar-refractivity contribution is 6.59. The third-order valence-electron chi connectivity index (χ3n) is 2.70. The standard InChI is InChI=1S/C5H3B8NO/c1-14-2(6,7)4(10,11)15-5(12,13)3(14,8)9/h1H3. The summed E-state index contributed by atoms with van der Waals surface area (Å²) in [5.41, 5.74) is 0. The Labute approximate surface area is 101 Å². The molecule has 1 rings (SSSR count). The van der Waals surface area contributed by atoms with Crippen LogP contribution in [0.3, 0.4) is 0 Å². The Kier molecular flexibility index (Phi) is 2.90. The number of hydrogen-bond acceptors (Lipinski definition) is 2. The molecular formula is C5H3B8NO. The summed E-state index contributed by atoms with van der Waals surface area (Å²) in [4.78, 5) is 1.06. The largest absolute Gasteiger partial charge is 0.406 e. The van der Waals surface area contributed by atoms with Crippen molar-refractivity contribution in [2.24, 2.45) is 0 Å². The van der Waals surface area contributed by atoms with Crippen molar-refractivity contribution in [2.75, 3.05) is 7.05 Å². The molecule has 10 heteroatoms. The average Bonchev–Trinajstić information content (AvgIpc) is 1.98. The molecule has 0 aliphatic carbocycles. The fourth-order valence-corrected chi connectivity index (χ4v) is 1.27. The van der Waals surface area contributed by atoms with E-state index in [4.69, 9.17) is 67.5 Å². The summed E-state index contributed by atoms with van der Waals surface area (Å²) in [6.07, 6.45) is 0. The second-order valence-electron chi connectivity index (χ2n) is 3.90. The Morgan fingerprint density at radius 2 is 1.00 bits per heavy atom. The molecule has 0 atom stereocenters. The van der Waals surface area contributed by atoms with Gasteiger partial charge in [-0.25, -0.2) is 0 Å². The molecule has 1 saturated heterocycles. The van der Waals surface area contributed by atoms with Crippen LogP contribution in [0, 0.1) is 0 Å². The molecule has 58 valence electrons. The maximum atomic E-state index is 5.65. The van der Waals surface area contributed by atoms with Gasteiger partial charge in [0, 0.05) is 0 Å². The van der Waals surface area contributed by atoms with Gasteiger partial charge >= 0.3 is 0 Å². The lowest BCUT2D eigenvalue weighted by Crippen LogP contribution is -2.85. The molecule has 0 aromatic rings. The highest BCUT2D eigenvalue weighted by Gasteiger charge is 2.55. The van der Waals surface area contributed by atoms with E-state index in [0.29, 0.717) is 0 Å². The van der Waals surface area contributed by atoms with Crippen LogP contribution >= 0.6 is 0 Å². The van der Waals surface area contributed by atoms with E-state index in [9.17, 15) is 0 Å². The molecule has 16 radical (unpaired) electrons. The Morgan fingerprint density at radius 3 is 1.27 bits per heavy atom. The van der Waals surface area contributed by atoms with Gasteiger partial charge in [-0.15, -0.1) is 0 Å². The summed E-state index contributed by atoms with van der Waals surface area (Å²) in [6.45, 7) is 0. The lowest BCUT2D eigenvalue weighted by molar-refractivity contribution is -0.102. The molecule has 0 aromatic heterocycles. The predicted molar refractivity (Wildman–Crippen MR) is 65.8 cm³/mol. The molecule has 0 unspecified atom stereocenters. The third-order valence-corrected chi connectivity index (χ3v) is 2.70. The maximum absolute atomic E-state index is 5.65. The first-order valence-electron chi connectivity index (χ1n) is 4.11. The topological polar surface area (TPSA) is 12.5 Å². The monoisotopic (exact) mass is 181 g/mol. The van der Waals surface area contributed by atoms with Crippen molar-refractivity contribution in [1.29, 1.82) is 0 Å². The number of ether oxygens (including phenoxy) is 1. The molecule has 0 N–H and O–H groups in total. The Hall–Kier alpha value is 0.439. The summed E-state index contributed by atoms with van der Waals surface area (Å²) >= 11 is 0. The van der Waals surface area contributed by atoms with Gasteiger partial charge in [0.05, 0.1) is 62.8 Å². The molecule has 1 fully saturated rings. The van der Waals surface area contributed by atoms with E-state index in [1.54, 1.807) is 0 Å². The first kappa shape index (κ1) is 13.5. The van der Waals surface area contributed by atoms with Crippen LogP contribution in [0.2, 0.25) is 0 Å². The third kappa shape index (κ3) is 1.68. The molecule has 0 spiro atoms. The summed E-state index contributed by atoms with van der Waals surface area (Å²) in [6, 6.07) is 0. The van der Waals surface area contributed by atoms with E-state index < -0.39 is 21.5 Å². The molecule has 0 aromatic carbocycles. The second-order valence-corrected chi connectivity index (χ2v) is 3.90. The van der Waals surface area contributed by atoms with Crippen LogP contribution < -0.4 is 0 Å². The second kappa shape index (κ2) is 3.22. The lowest BCUT2D eigenvalue weighted by Gasteiger charge is -2.69. The van der Waals surface area contributed by atoms with Crippen molar-refractivity contribution in [3.63, 3.8) is 0 Å². The quantitative estimate of drug-likeness (QED) is 0.351. The van der Waals surface area contributed by atoms with Crippen LogP contribution in [0.1, 0.15) is 0 Å². The molecule has 15 heavy (non-hydrogen) atoms. The first-order valence-corrected chi connectivity index (χ1v) is 4.11. The number of hydrogen-bond donors (Lipinski definition) is 0. The van der Waals surface area contributed by atoms with Crippen molar-refractivity contribution < 1.29 is 4.74 Å². The Balaban J connectivity index is 3.24. The van der Waals surface area contributed by atoms with Gasteiger partial charge in [0.2, 0.25) is 0 Å². The van der Waals surface area contributed by atoms with Crippen molar-refractivity contribution in [1.82, 2.24) is 4.90 Å². The van der Waals surface area contributed by atoms with Gasteiger partial charge < -0.3 is 9.64 Å². The molecule has 1 aliphatic heterocycles. The number of rotatable bonds is 0. The smallest absolute Gasteiger partial charge is 0.0996 e. The van der Waals surface area contributed by atoms with Crippen LogP contribution in [0.25, 0.3) is 0 Å². The minimum Gasteiger partial charge on any atom is -0.406 e. The minimum absolute atomic E-state index is 1.06. The van der Waals surface area contributed by atoms with Crippen molar-refractivity contribution in [3.05, 3.63) is 0 Å². The fourth-order valence-electron chi connectivity index (χ4n) is 1.27. The minimum atomic E-state index is -1.99. The Bertz CT molecular complexity index is 250. The SMILES string of the molecule is [B]C1([B])OC([B])([B])C([B])([B])N(C)C1([B])[B]. The van der Waals surface area contributed by atoms with Gasteiger partial charge in [-0.05, 0) is 28.5 Å². The van der Waals surface area contributed by atoms with E-state index in [0.717, 1.165) is 4.90 Å². The predicted octanol–water partition coefficient (Wildman–Crippen LogP) is -4.09. The van der Waals surface area contributed by atoms with Crippen LogP contribution in [0.4, 0.5) is 0 Å². The number of likely N-dealkylation sites (N-methyl/N-ethyl adjacent to an activating group) is 1. The van der Waals surface area contributed by atoms with E-state index in [1.165, 1.54) is 7.05 Å². The van der Waals surface area contributed by atoms with Gasteiger partial charge in [0.25, 0.3) is 0 Å². The first-order chi connectivity index (χ1) is 6.36. The van der Waals surface area contributed by atoms with E-state index >= 15 is 0 Å². The van der Waals surface area contributed by atoms with Gasteiger partial charge in [0.15, 0.2) is 0 Å². The summed E-state index contributed by atoms with van der Waals surface area (Å²) < 4.78 is 4.93. The van der Waals surface area contributed by atoms with E-state index in [1.807, 2.05) is 0 Å². The molecule has 0 amide bonds. The van der Waals surface area contributed by atoms with E-state index in [2.05, 4.69) is 0 Å². The highest BCUT2D eigenvalue weighted by atomic mass is 16.5. The fraction of sp³-hybridized carbons (Fsp3) is 1.00. The molecule has 2 nitrogen and oxygen atoms in total. The maximum Gasteiger partial charge on any atom is 0.0996 e. The average molecular weight is 180 g/mol. The van der Waals surface area contributed by atoms with Crippen LogP contribution in [0.15, 0.2) is 0 Å². The molecule has 0 bridgehead atoms. The Morgan fingerprint density at radius 1 is 0.733 bits per heavy atom. The van der Waals surface area contributed by atoms with Gasteiger partial charge in [-0.1, -0.05) is 0 Å². The molecule has 1 heterocycles. The van der Waals surface area contributed by atoms with Crippen LogP contribution in [0.5, 0.6) is 0 Å². The van der Waals surface area contributed by atoms with Crippen molar-refractivity contribution in [2.45, 2.75) is 21.5 Å². The number of morpholine rings is 1. The lowest BCUT2D eigenvalue weighted by atomic mass is 9.30. The van der Waals surface area contributed by atoms with Gasteiger partial charge in [-0.2, -0.15) is 0 Å². The molecule has 1 aliphatic rings. The summed E-state index contributed by atoms with van der Waals surface area (Å²) in [5.74, 6) is 0. The van der Waals surface area contributed by atoms with Gasteiger partial charge in [-0.3, -0.25) is 0 Å². The van der Waals surface area contributed by atoms with Crippen molar-refractivity contribution in [3.8, 4) is 0 Å². The van der Waals surface area contributed by atoms with E-state index in [-0.39, 0.29) is 0 Å². The zero-order chi connectivity index (χ0) is 12.3.